The molecular formula is C21H17ClN2O3. The van der Waals surface area contributed by atoms with Gasteiger partial charge in [-0.3, -0.25) is 4.79 Å². The molecule has 0 radical (unpaired) electrons. The number of rotatable bonds is 3. The van der Waals surface area contributed by atoms with E-state index in [-0.39, 0.29) is 11.9 Å². The Morgan fingerprint density at radius 1 is 1.04 bits per heavy atom. The second-order valence-electron chi connectivity index (χ2n) is 6.44. The first-order chi connectivity index (χ1) is 13.1. The summed E-state index contributed by atoms with van der Waals surface area (Å²) in [6.07, 6.45) is 1.03. The van der Waals surface area contributed by atoms with E-state index in [0.29, 0.717) is 21.8 Å². The van der Waals surface area contributed by atoms with Gasteiger partial charge in [-0.15, -0.1) is 0 Å². The molecule has 0 spiro atoms. The molecule has 136 valence electrons. The van der Waals surface area contributed by atoms with E-state index in [1.807, 2.05) is 35.2 Å². The molecule has 1 saturated heterocycles. The predicted octanol–water partition coefficient (Wildman–Crippen LogP) is 4.19. The summed E-state index contributed by atoms with van der Waals surface area (Å²) in [6, 6.07) is 14.5. The largest absolute Gasteiger partial charge is 0.465 e. The van der Waals surface area contributed by atoms with Gasteiger partial charge < -0.3 is 9.64 Å². The monoisotopic (exact) mass is 380 g/mol. The fourth-order valence-electron chi connectivity index (χ4n) is 3.16. The fraction of sp³-hybridized carbons (Fsp3) is 0.190. The number of carbonyl (C=O) groups is 2. The predicted molar refractivity (Wildman–Crippen MR) is 104 cm³/mol. The van der Waals surface area contributed by atoms with E-state index in [2.05, 4.69) is 4.98 Å². The molecule has 6 heteroatoms. The van der Waals surface area contributed by atoms with E-state index >= 15 is 0 Å². The smallest absolute Gasteiger partial charge is 0.337 e. The summed E-state index contributed by atoms with van der Waals surface area (Å²) in [5.74, 6) is -0.393. The van der Waals surface area contributed by atoms with Crippen molar-refractivity contribution in [3.05, 3.63) is 64.8 Å². The van der Waals surface area contributed by atoms with E-state index in [0.717, 1.165) is 36.0 Å². The Bertz CT molecular complexity index is 1040. The molecule has 0 aliphatic carbocycles. The van der Waals surface area contributed by atoms with Crippen molar-refractivity contribution in [3.8, 4) is 11.1 Å². The van der Waals surface area contributed by atoms with Crippen molar-refractivity contribution < 1.29 is 14.3 Å². The molecule has 0 N–H and O–H groups in total. The molecular weight excluding hydrogens is 364 g/mol. The van der Waals surface area contributed by atoms with Crippen molar-refractivity contribution in [2.24, 2.45) is 0 Å². The number of carbonyl (C=O) groups excluding carboxylic acids is 2. The summed E-state index contributed by atoms with van der Waals surface area (Å²) in [5.41, 5.74) is 3.60. The van der Waals surface area contributed by atoms with Gasteiger partial charge in [0.05, 0.1) is 23.8 Å². The highest BCUT2D eigenvalue weighted by atomic mass is 35.5. The normalized spacial score (nSPS) is 13.3. The molecule has 1 aromatic heterocycles. The van der Waals surface area contributed by atoms with Crippen LogP contribution in [0, 0.1) is 0 Å². The zero-order valence-corrected chi connectivity index (χ0v) is 15.5. The summed E-state index contributed by atoms with van der Waals surface area (Å²) in [6.45, 7) is 1.55. The molecule has 1 amide bonds. The SMILES string of the molecule is COC(=O)c1ccc(-c2ccc3nc(Cl)cc(C(=O)N4CCC4)c3c2)cc1. The number of likely N-dealkylation sites (tertiary alicyclic amines) is 1. The molecule has 2 aromatic carbocycles. The summed E-state index contributed by atoms with van der Waals surface area (Å²) < 4.78 is 4.73. The number of methoxy groups -OCH3 is 1. The number of aromatic nitrogens is 1. The number of hydrogen-bond acceptors (Lipinski definition) is 4. The highest BCUT2D eigenvalue weighted by Gasteiger charge is 2.24. The summed E-state index contributed by atoms with van der Waals surface area (Å²) in [7, 11) is 1.36. The van der Waals surface area contributed by atoms with Crippen LogP contribution < -0.4 is 0 Å². The Hall–Kier alpha value is -2.92. The maximum atomic E-state index is 12.8. The van der Waals surface area contributed by atoms with Gasteiger partial charge in [0.1, 0.15) is 5.15 Å². The summed E-state index contributed by atoms with van der Waals surface area (Å²) in [4.78, 5) is 30.5. The van der Waals surface area contributed by atoms with Gasteiger partial charge in [0, 0.05) is 18.5 Å². The van der Waals surface area contributed by atoms with Gasteiger partial charge in [-0.05, 0) is 47.9 Å². The van der Waals surface area contributed by atoms with Gasteiger partial charge in [0.15, 0.2) is 0 Å². The highest BCUT2D eigenvalue weighted by Crippen LogP contribution is 2.29. The number of halogens is 1. The maximum absolute atomic E-state index is 12.8. The lowest BCUT2D eigenvalue weighted by atomic mass is 9.99. The lowest BCUT2D eigenvalue weighted by Crippen LogP contribution is -2.42. The highest BCUT2D eigenvalue weighted by molar-refractivity contribution is 6.30. The van der Waals surface area contributed by atoms with Crippen molar-refractivity contribution >= 4 is 34.4 Å². The van der Waals surface area contributed by atoms with Crippen LogP contribution in [0.3, 0.4) is 0 Å². The lowest BCUT2D eigenvalue weighted by Gasteiger charge is -2.31. The second kappa shape index (κ2) is 7.00. The van der Waals surface area contributed by atoms with Gasteiger partial charge in [-0.2, -0.15) is 0 Å². The number of fused-ring (bicyclic) bond motifs is 1. The van der Waals surface area contributed by atoms with E-state index in [1.54, 1.807) is 18.2 Å². The molecule has 0 unspecified atom stereocenters. The van der Waals surface area contributed by atoms with Crippen LogP contribution in [-0.4, -0.2) is 42.0 Å². The summed E-state index contributed by atoms with van der Waals surface area (Å²) >= 11 is 6.13. The topological polar surface area (TPSA) is 59.5 Å². The third-order valence-corrected chi connectivity index (χ3v) is 4.98. The van der Waals surface area contributed by atoms with Crippen molar-refractivity contribution in [1.29, 1.82) is 0 Å². The third-order valence-electron chi connectivity index (χ3n) is 4.79. The Balaban J connectivity index is 1.78. The van der Waals surface area contributed by atoms with Crippen molar-refractivity contribution in [3.63, 3.8) is 0 Å². The number of benzene rings is 2. The van der Waals surface area contributed by atoms with Crippen LogP contribution in [0.25, 0.3) is 22.0 Å². The second-order valence-corrected chi connectivity index (χ2v) is 6.83. The van der Waals surface area contributed by atoms with Gasteiger partial charge >= 0.3 is 5.97 Å². The molecule has 0 saturated carbocycles. The van der Waals surface area contributed by atoms with Gasteiger partial charge in [0.25, 0.3) is 5.91 Å². The quantitative estimate of drug-likeness (QED) is 0.505. The number of ether oxygens (including phenoxy) is 1. The molecule has 4 rings (SSSR count). The first-order valence-corrected chi connectivity index (χ1v) is 9.03. The maximum Gasteiger partial charge on any atom is 0.337 e. The molecule has 27 heavy (non-hydrogen) atoms. The van der Waals surface area contributed by atoms with Crippen molar-refractivity contribution in [2.45, 2.75) is 6.42 Å². The number of esters is 1. The van der Waals surface area contributed by atoms with E-state index < -0.39 is 0 Å². The Morgan fingerprint density at radius 3 is 2.37 bits per heavy atom. The third kappa shape index (κ3) is 3.26. The van der Waals surface area contributed by atoms with E-state index in [1.165, 1.54) is 7.11 Å². The molecule has 1 aliphatic heterocycles. The number of nitrogens with zero attached hydrogens (tertiary/aromatic N) is 2. The average molecular weight is 381 g/mol. The van der Waals surface area contributed by atoms with Crippen LogP contribution in [-0.2, 0) is 4.74 Å². The lowest BCUT2D eigenvalue weighted by molar-refractivity contribution is 0.0599. The van der Waals surface area contributed by atoms with E-state index in [4.69, 9.17) is 16.3 Å². The van der Waals surface area contributed by atoms with Crippen LogP contribution in [0.5, 0.6) is 0 Å². The molecule has 1 fully saturated rings. The van der Waals surface area contributed by atoms with Crippen LogP contribution in [0.1, 0.15) is 27.1 Å². The van der Waals surface area contributed by atoms with Gasteiger partial charge in [-0.1, -0.05) is 29.8 Å². The van der Waals surface area contributed by atoms with Crippen LogP contribution in [0.2, 0.25) is 5.15 Å². The Labute approximate surface area is 161 Å². The van der Waals surface area contributed by atoms with Crippen LogP contribution in [0.4, 0.5) is 0 Å². The first kappa shape index (κ1) is 17.5. The zero-order chi connectivity index (χ0) is 19.0. The molecule has 0 bridgehead atoms. The average Bonchev–Trinajstić information content (AvgIpc) is 2.65. The van der Waals surface area contributed by atoms with Gasteiger partial charge in [-0.25, -0.2) is 9.78 Å². The minimum absolute atomic E-state index is 0.0197. The fourth-order valence-corrected chi connectivity index (χ4v) is 3.36. The molecule has 1 aliphatic rings. The van der Waals surface area contributed by atoms with Crippen LogP contribution in [0.15, 0.2) is 48.5 Å². The van der Waals surface area contributed by atoms with Crippen LogP contribution >= 0.6 is 11.6 Å². The minimum Gasteiger partial charge on any atom is -0.465 e. The number of hydrogen-bond donors (Lipinski definition) is 0. The standard InChI is InChI=1S/C21H17ClN2O3/c1-27-21(26)14-5-3-13(4-6-14)15-7-8-18-16(11-15)17(12-19(22)23-18)20(25)24-9-2-10-24/h3-8,11-12H,2,9-10H2,1H3. The van der Waals surface area contributed by atoms with E-state index in [9.17, 15) is 9.59 Å². The molecule has 2 heterocycles. The van der Waals surface area contributed by atoms with Crippen molar-refractivity contribution in [2.75, 3.05) is 20.2 Å². The number of pyridine rings is 1. The summed E-state index contributed by atoms with van der Waals surface area (Å²) in [5, 5.41) is 1.08. The molecule has 0 atom stereocenters. The Morgan fingerprint density at radius 2 is 1.74 bits per heavy atom. The first-order valence-electron chi connectivity index (χ1n) is 8.65. The van der Waals surface area contributed by atoms with Crippen molar-refractivity contribution in [1.82, 2.24) is 9.88 Å². The molecule has 3 aromatic rings. The Kier molecular flexibility index (Phi) is 4.54. The van der Waals surface area contributed by atoms with Gasteiger partial charge in [0.2, 0.25) is 0 Å². The minimum atomic E-state index is -0.374. The molecule has 5 nitrogen and oxygen atoms in total. The zero-order valence-electron chi connectivity index (χ0n) is 14.7. The number of amides is 1.